The quantitative estimate of drug-likeness (QED) is 0.291. The van der Waals surface area contributed by atoms with E-state index in [1.807, 2.05) is 62.4 Å². The predicted octanol–water partition coefficient (Wildman–Crippen LogP) is 5.35. The first-order valence-electron chi connectivity index (χ1n) is 13.7. The van der Waals surface area contributed by atoms with Crippen molar-refractivity contribution in [1.82, 2.24) is 10.2 Å². The highest BCUT2D eigenvalue weighted by Gasteiger charge is 2.30. The highest BCUT2D eigenvalue weighted by molar-refractivity contribution is 5.85. The first-order valence-corrected chi connectivity index (χ1v) is 13.7. The third-order valence-electron chi connectivity index (χ3n) is 6.97. The molecule has 0 aliphatic heterocycles. The molecule has 1 N–H and O–H groups in total. The van der Waals surface area contributed by atoms with Crippen LogP contribution in [0.5, 0.6) is 5.75 Å². The molecule has 0 radical (unpaired) electrons. The molecule has 1 atom stereocenters. The van der Waals surface area contributed by atoms with Crippen LogP contribution in [0.1, 0.15) is 43.4 Å². The van der Waals surface area contributed by atoms with Gasteiger partial charge in [-0.05, 0) is 60.7 Å². The van der Waals surface area contributed by atoms with E-state index in [1.165, 1.54) is 0 Å². The van der Waals surface area contributed by atoms with Gasteiger partial charge < -0.3 is 29.2 Å². The zero-order chi connectivity index (χ0) is 28.5. The van der Waals surface area contributed by atoms with Gasteiger partial charge in [0.05, 0.1) is 13.7 Å². The van der Waals surface area contributed by atoms with Gasteiger partial charge in [-0.1, -0.05) is 60.7 Å². The number of fused-ring (bicyclic) bond motifs is 3. The van der Waals surface area contributed by atoms with E-state index in [-0.39, 0.29) is 25.0 Å². The fraction of sp³-hybridized carbons (Fsp3) is 0.375. The molecule has 8 nitrogen and oxygen atoms in total. The molecule has 1 aliphatic carbocycles. The van der Waals surface area contributed by atoms with E-state index < -0.39 is 18.4 Å². The minimum atomic E-state index is -0.821. The van der Waals surface area contributed by atoms with Crippen LogP contribution in [0.3, 0.4) is 0 Å². The molecule has 0 saturated heterocycles. The SMILES string of the molecule is CCOC(CN(Cc1ccc(OC)cc1)C(=O)C(C)NC(=O)OCC1c2ccccc2-c2ccccc21)OCC. The predicted molar refractivity (Wildman–Crippen MR) is 153 cm³/mol. The Labute approximate surface area is 236 Å². The minimum absolute atomic E-state index is 0.0612. The van der Waals surface area contributed by atoms with Crippen LogP contribution in [0.25, 0.3) is 11.1 Å². The number of hydrogen-bond donors (Lipinski definition) is 1. The summed E-state index contributed by atoms with van der Waals surface area (Å²) in [7, 11) is 1.61. The van der Waals surface area contributed by atoms with Crippen molar-refractivity contribution < 1.29 is 28.5 Å². The van der Waals surface area contributed by atoms with E-state index in [4.69, 9.17) is 18.9 Å². The number of benzene rings is 3. The number of hydrogen-bond acceptors (Lipinski definition) is 6. The van der Waals surface area contributed by atoms with Gasteiger partial charge in [0.15, 0.2) is 6.29 Å². The number of ether oxygens (including phenoxy) is 4. The number of carbonyl (C=O) groups excluding carboxylic acids is 2. The smallest absolute Gasteiger partial charge is 0.407 e. The molecule has 212 valence electrons. The Morgan fingerprint density at radius 3 is 2.00 bits per heavy atom. The maximum Gasteiger partial charge on any atom is 0.407 e. The molecule has 40 heavy (non-hydrogen) atoms. The molecular weight excluding hydrogens is 508 g/mol. The van der Waals surface area contributed by atoms with Crippen LogP contribution >= 0.6 is 0 Å². The average Bonchev–Trinajstić information content (AvgIpc) is 3.29. The molecule has 1 unspecified atom stereocenters. The molecule has 8 heteroatoms. The maximum absolute atomic E-state index is 13.6. The van der Waals surface area contributed by atoms with Crippen molar-refractivity contribution in [3.63, 3.8) is 0 Å². The number of nitrogens with one attached hydrogen (secondary N) is 1. The van der Waals surface area contributed by atoms with Gasteiger partial charge in [0.2, 0.25) is 5.91 Å². The Balaban J connectivity index is 1.41. The normalized spacial score (nSPS) is 12.9. The van der Waals surface area contributed by atoms with Crippen LogP contribution in [0, 0.1) is 0 Å². The van der Waals surface area contributed by atoms with Crippen molar-refractivity contribution in [2.24, 2.45) is 0 Å². The monoisotopic (exact) mass is 546 g/mol. The summed E-state index contributed by atoms with van der Waals surface area (Å²) in [5, 5.41) is 2.72. The van der Waals surface area contributed by atoms with E-state index >= 15 is 0 Å². The van der Waals surface area contributed by atoms with Crippen molar-refractivity contribution in [1.29, 1.82) is 0 Å². The highest BCUT2D eigenvalue weighted by atomic mass is 16.7. The van der Waals surface area contributed by atoms with Gasteiger partial charge in [-0.3, -0.25) is 4.79 Å². The van der Waals surface area contributed by atoms with Crippen LogP contribution in [-0.2, 0) is 25.5 Å². The number of nitrogens with zero attached hydrogens (tertiary/aromatic N) is 1. The number of alkyl carbamates (subject to hydrolysis) is 1. The fourth-order valence-corrected chi connectivity index (χ4v) is 5.04. The van der Waals surface area contributed by atoms with Gasteiger partial charge in [0.25, 0.3) is 0 Å². The van der Waals surface area contributed by atoms with E-state index in [1.54, 1.807) is 18.9 Å². The highest BCUT2D eigenvalue weighted by Crippen LogP contribution is 2.44. The summed E-state index contributed by atoms with van der Waals surface area (Å²) in [5.74, 6) is 0.399. The third-order valence-corrected chi connectivity index (χ3v) is 6.97. The number of carbonyl (C=O) groups is 2. The average molecular weight is 547 g/mol. The van der Waals surface area contributed by atoms with Gasteiger partial charge in [0, 0.05) is 25.7 Å². The molecule has 4 rings (SSSR count). The van der Waals surface area contributed by atoms with E-state index in [0.717, 1.165) is 33.6 Å². The van der Waals surface area contributed by atoms with Gasteiger partial charge in [-0.2, -0.15) is 0 Å². The van der Waals surface area contributed by atoms with Crippen molar-refractivity contribution >= 4 is 12.0 Å². The van der Waals surface area contributed by atoms with Crippen molar-refractivity contribution in [3.05, 3.63) is 89.5 Å². The fourth-order valence-electron chi connectivity index (χ4n) is 5.04. The third kappa shape index (κ3) is 7.00. The number of rotatable bonds is 13. The Hall–Kier alpha value is -3.88. The lowest BCUT2D eigenvalue weighted by Gasteiger charge is -2.30. The summed E-state index contributed by atoms with van der Waals surface area (Å²) < 4.78 is 22.3. The first kappa shape index (κ1) is 29.1. The van der Waals surface area contributed by atoms with Crippen LogP contribution in [-0.4, -0.2) is 62.7 Å². The molecule has 0 fully saturated rings. The van der Waals surface area contributed by atoms with Crippen LogP contribution in [0.15, 0.2) is 72.8 Å². The van der Waals surface area contributed by atoms with Crippen LogP contribution < -0.4 is 10.1 Å². The summed E-state index contributed by atoms with van der Waals surface area (Å²) in [6.45, 7) is 7.01. The van der Waals surface area contributed by atoms with Crippen molar-refractivity contribution in [2.45, 2.75) is 45.6 Å². The van der Waals surface area contributed by atoms with Crippen molar-refractivity contribution in [3.8, 4) is 16.9 Å². The topological polar surface area (TPSA) is 86.3 Å². The lowest BCUT2D eigenvalue weighted by Crippen LogP contribution is -2.49. The molecule has 3 aromatic carbocycles. The summed E-state index contributed by atoms with van der Waals surface area (Å²) in [4.78, 5) is 28.0. The van der Waals surface area contributed by atoms with Gasteiger partial charge in [-0.15, -0.1) is 0 Å². The summed E-state index contributed by atoms with van der Waals surface area (Å²) >= 11 is 0. The van der Waals surface area contributed by atoms with Crippen LogP contribution in [0.4, 0.5) is 4.79 Å². The molecule has 0 bridgehead atoms. The van der Waals surface area contributed by atoms with Crippen LogP contribution in [0.2, 0.25) is 0 Å². The molecule has 2 amide bonds. The lowest BCUT2D eigenvalue weighted by molar-refractivity contribution is -0.160. The summed E-state index contributed by atoms with van der Waals surface area (Å²) in [5.41, 5.74) is 5.48. The van der Waals surface area contributed by atoms with Gasteiger partial charge in [0.1, 0.15) is 18.4 Å². The van der Waals surface area contributed by atoms with Gasteiger partial charge >= 0.3 is 6.09 Å². The van der Waals surface area contributed by atoms with E-state index in [2.05, 4.69) is 29.6 Å². The zero-order valence-electron chi connectivity index (χ0n) is 23.6. The molecule has 0 spiro atoms. The maximum atomic E-state index is 13.6. The first-order chi connectivity index (χ1) is 19.4. The Morgan fingerprint density at radius 2 is 1.45 bits per heavy atom. The Kier molecular flexibility index (Phi) is 10.2. The lowest BCUT2D eigenvalue weighted by atomic mass is 9.98. The molecule has 0 heterocycles. The number of amides is 2. The molecule has 0 saturated carbocycles. The molecule has 3 aromatic rings. The summed E-state index contributed by atoms with van der Waals surface area (Å²) in [6, 6.07) is 23.0. The van der Waals surface area contributed by atoms with Crippen molar-refractivity contribution in [2.75, 3.05) is 33.5 Å². The number of methoxy groups -OCH3 is 1. The molecule has 1 aliphatic rings. The Morgan fingerprint density at radius 1 is 0.875 bits per heavy atom. The van der Waals surface area contributed by atoms with E-state index in [0.29, 0.717) is 19.8 Å². The van der Waals surface area contributed by atoms with Gasteiger partial charge in [-0.25, -0.2) is 4.79 Å². The van der Waals surface area contributed by atoms with E-state index in [9.17, 15) is 9.59 Å². The minimum Gasteiger partial charge on any atom is -0.497 e. The molecular formula is C32H38N2O6. The summed E-state index contributed by atoms with van der Waals surface area (Å²) in [6.07, 6.45) is -1.22. The zero-order valence-corrected chi connectivity index (χ0v) is 23.6. The standard InChI is InChI=1S/C32H38N2O6/c1-5-38-30(39-6-2)20-34(19-23-15-17-24(37-4)18-16-23)31(35)22(3)33-32(36)40-21-29-27-13-9-7-11-25(27)26-12-8-10-14-28(26)29/h7-18,22,29-30H,5-6,19-21H2,1-4H3,(H,33,36). The largest absolute Gasteiger partial charge is 0.497 e. The Bertz CT molecular complexity index is 1230. The second-order valence-corrected chi connectivity index (χ2v) is 9.60. The second kappa shape index (κ2) is 14.0. The second-order valence-electron chi connectivity index (χ2n) is 9.60. The molecule has 0 aromatic heterocycles.